The van der Waals surface area contributed by atoms with E-state index in [1.54, 1.807) is 38.5 Å². The van der Waals surface area contributed by atoms with E-state index in [0.29, 0.717) is 40.2 Å². The molecule has 0 saturated heterocycles. The molecule has 0 fully saturated rings. The Morgan fingerprint density at radius 3 is 2.45 bits per heavy atom. The second kappa shape index (κ2) is 8.65. The SMILES string of the molecule is COc1ccc(NC(=O)CCCn2c(=S)[nH]c3c([nH]c4ccc(OC)cc43)c2=O)cc1. The van der Waals surface area contributed by atoms with Crippen molar-refractivity contribution in [3.8, 4) is 11.5 Å². The lowest BCUT2D eigenvalue weighted by Crippen LogP contribution is -2.23. The number of methoxy groups -OCH3 is 2. The van der Waals surface area contributed by atoms with Gasteiger partial charge in [-0.25, -0.2) is 0 Å². The molecule has 1 amide bonds. The fraction of sp³-hybridized carbons (Fsp3) is 0.227. The number of aromatic amines is 2. The van der Waals surface area contributed by atoms with E-state index in [1.165, 1.54) is 4.57 Å². The van der Waals surface area contributed by atoms with E-state index in [4.69, 9.17) is 21.7 Å². The van der Waals surface area contributed by atoms with Gasteiger partial charge in [-0.2, -0.15) is 0 Å². The van der Waals surface area contributed by atoms with Crippen LogP contribution in [0.4, 0.5) is 5.69 Å². The largest absolute Gasteiger partial charge is 0.497 e. The smallest absolute Gasteiger partial charge is 0.278 e. The van der Waals surface area contributed by atoms with Crippen LogP contribution in [-0.4, -0.2) is 34.7 Å². The minimum atomic E-state index is -0.218. The summed E-state index contributed by atoms with van der Waals surface area (Å²) >= 11 is 5.41. The Balaban J connectivity index is 1.49. The third-order valence-electron chi connectivity index (χ3n) is 5.10. The lowest BCUT2D eigenvalue weighted by Gasteiger charge is -2.08. The van der Waals surface area contributed by atoms with Gasteiger partial charge in [0, 0.05) is 29.6 Å². The van der Waals surface area contributed by atoms with Gasteiger partial charge in [0.25, 0.3) is 5.56 Å². The normalized spacial score (nSPS) is 11.0. The lowest BCUT2D eigenvalue weighted by molar-refractivity contribution is -0.116. The Kier molecular flexibility index (Phi) is 5.77. The van der Waals surface area contributed by atoms with Crippen LogP contribution in [0.15, 0.2) is 47.3 Å². The average molecular weight is 439 g/mol. The van der Waals surface area contributed by atoms with Gasteiger partial charge in [0.2, 0.25) is 5.91 Å². The van der Waals surface area contributed by atoms with Crippen LogP contribution < -0.4 is 20.3 Å². The monoisotopic (exact) mass is 438 g/mol. The molecular formula is C22H22N4O4S. The second-order valence-corrected chi connectivity index (χ2v) is 7.44. The van der Waals surface area contributed by atoms with Crippen LogP contribution in [0.3, 0.4) is 0 Å². The summed E-state index contributed by atoms with van der Waals surface area (Å²) in [5, 5.41) is 3.67. The molecule has 160 valence electrons. The molecular weight excluding hydrogens is 416 g/mol. The topological polar surface area (TPSA) is 101 Å². The molecule has 8 nitrogen and oxygen atoms in total. The minimum absolute atomic E-state index is 0.133. The summed E-state index contributed by atoms with van der Waals surface area (Å²) in [5.41, 5.74) is 2.38. The highest BCUT2D eigenvalue weighted by atomic mass is 32.1. The van der Waals surface area contributed by atoms with Gasteiger partial charge >= 0.3 is 0 Å². The Bertz CT molecular complexity index is 1370. The molecule has 0 aliphatic heterocycles. The molecule has 4 aromatic rings. The van der Waals surface area contributed by atoms with Crippen molar-refractivity contribution >= 4 is 45.7 Å². The number of carbonyl (C=O) groups is 1. The summed E-state index contributed by atoms with van der Waals surface area (Å²) in [6.07, 6.45) is 0.730. The van der Waals surface area contributed by atoms with E-state index in [2.05, 4.69) is 15.3 Å². The van der Waals surface area contributed by atoms with E-state index in [0.717, 1.165) is 16.7 Å². The number of H-pyrrole nitrogens is 2. The summed E-state index contributed by atoms with van der Waals surface area (Å²) in [6.45, 7) is 0.332. The highest BCUT2D eigenvalue weighted by Crippen LogP contribution is 2.26. The van der Waals surface area contributed by atoms with Crippen LogP contribution >= 0.6 is 12.2 Å². The zero-order chi connectivity index (χ0) is 22.0. The molecule has 0 aliphatic rings. The third-order valence-corrected chi connectivity index (χ3v) is 5.42. The first kappa shape index (κ1) is 20.7. The van der Waals surface area contributed by atoms with Crippen molar-refractivity contribution in [3.05, 3.63) is 57.6 Å². The fourth-order valence-corrected chi connectivity index (χ4v) is 3.76. The summed E-state index contributed by atoms with van der Waals surface area (Å²) < 4.78 is 12.2. The van der Waals surface area contributed by atoms with E-state index >= 15 is 0 Å². The minimum Gasteiger partial charge on any atom is -0.497 e. The number of nitrogens with zero attached hydrogens (tertiary/aromatic N) is 1. The molecule has 0 unspecified atom stereocenters. The van der Waals surface area contributed by atoms with Gasteiger partial charge < -0.3 is 24.8 Å². The maximum Gasteiger partial charge on any atom is 0.278 e. The molecule has 3 N–H and O–H groups in total. The molecule has 4 rings (SSSR count). The van der Waals surface area contributed by atoms with Crippen molar-refractivity contribution < 1.29 is 14.3 Å². The van der Waals surface area contributed by atoms with Gasteiger partial charge in [0.15, 0.2) is 4.77 Å². The number of rotatable bonds is 7. The van der Waals surface area contributed by atoms with E-state index < -0.39 is 0 Å². The Hall–Kier alpha value is -3.59. The first-order valence-corrected chi connectivity index (χ1v) is 10.2. The number of hydrogen-bond acceptors (Lipinski definition) is 5. The van der Waals surface area contributed by atoms with Gasteiger partial charge in [-0.05, 0) is 61.1 Å². The molecule has 0 radical (unpaired) electrons. The van der Waals surface area contributed by atoms with E-state index in [-0.39, 0.29) is 17.9 Å². The predicted octanol–water partition coefficient (Wildman–Crippen LogP) is 3.98. The van der Waals surface area contributed by atoms with Crippen molar-refractivity contribution in [2.45, 2.75) is 19.4 Å². The maximum atomic E-state index is 13.0. The van der Waals surface area contributed by atoms with Gasteiger partial charge in [0.05, 0.1) is 19.7 Å². The number of amides is 1. The summed E-state index contributed by atoms with van der Waals surface area (Å²) in [6, 6.07) is 12.6. The molecule has 2 aromatic carbocycles. The van der Waals surface area contributed by atoms with Crippen LogP contribution in [0, 0.1) is 4.77 Å². The Morgan fingerprint density at radius 2 is 1.74 bits per heavy atom. The van der Waals surface area contributed by atoms with Crippen molar-refractivity contribution in [1.82, 2.24) is 14.5 Å². The molecule has 0 saturated carbocycles. The van der Waals surface area contributed by atoms with E-state index in [9.17, 15) is 9.59 Å². The molecule has 0 spiro atoms. The second-order valence-electron chi connectivity index (χ2n) is 7.05. The van der Waals surface area contributed by atoms with E-state index in [1.807, 2.05) is 18.2 Å². The van der Waals surface area contributed by atoms with Gasteiger partial charge in [-0.15, -0.1) is 0 Å². The number of carbonyl (C=O) groups excluding carboxylic acids is 1. The molecule has 0 bridgehead atoms. The zero-order valence-electron chi connectivity index (χ0n) is 17.2. The standard InChI is InChI=1S/C22H22N4O4S/c1-29-14-7-5-13(6-8-14)23-18(27)4-3-11-26-21(28)20-19(25-22(26)31)16-12-15(30-2)9-10-17(16)24-20/h5-10,12,24H,3-4,11H2,1-2H3,(H,23,27)(H,25,31). The fourth-order valence-electron chi connectivity index (χ4n) is 3.49. The molecule has 2 heterocycles. The predicted molar refractivity (Wildman–Crippen MR) is 123 cm³/mol. The summed E-state index contributed by atoms with van der Waals surface area (Å²) in [7, 11) is 3.18. The first-order valence-electron chi connectivity index (χ1n) is 9.76. The van der Waals surface area contributed by atoms with Crippen molar-refractivity contribution in [3.63, 3.8) is 0 Å². The van der Waals surface area contributed by atoms with Crippen LogP contribution in [0.1, 0.15) is 12.8 Å². The number of anilines is 1. The Morgan fingerprint density at radius 1 is 1.03 bits per heavy atom. The van der Waals surface area contributed by atoms with Gasteiger partial charge in [0.1, 0.15) is 17.0 Å². The molecule has 0 aliphatic carbocycles. The van der Waals surface area contributed by atoms with Crippen molar-refractivity contribution in [2.75, 3.05) is 19.5 Å². The number of fused-ring (bicyclic) bond motifs is 3. The van der Waals surface area contributed by atoms with Gasteiger partial charge in [-0.1, -0.05) is 0 Å². The quantitative estimate of drug-likeness (QED) is 0.379. The maximum absolute atomic E-state index is 13.0. The molecule has 0 atom stereocenters. The molecule has 2 aromatic heterocycles. The van der Waals surface area contributed by atoms with Crippen LogP contribution in [0.25, 0.3) is 21.9 Å². The molecule has 9 heteroatoms. The van der Waals surface area contributed by atoms with Crippen LogP contribution in [-0.2, 0) is 11.3 Å². The summed E-state index contributed by atoms with van der Waals surface area (Å²) in [4.78, 5) is 31.5. The number of nitrogens with one attached hydrogen (secondary N) is 3. The highest BCUT2D eigenvalue weighted by Gasteiger charge is 2.13. The highest BCUT2D eigenvalue weighted by molar-refractivity contribution is 7.71. The Labute approximate surface area is 182 Å². The lowest BCUT2D eigenvalue weighted by atomic mass is 10.2. The number of hydrogen-bond donors (Lipinski definition) is 3. The summed E-state index contributed by atoms with van der Waals surface area (Å²) in [5.74, 6) is 1.28. The van der Waals surface area contributed by atoms with Crippen LogP contribution in [0.2, 0.25) is 0 Å². The van der Waals surface area contributed by atoms with Gasteiger partial charge in [-0.3, -0.25) is 14.2 Å². The van der Waals surface area contributed by atoms with Crippen molar-refractivity contribution in [2.24, 2.45) is 0 Å². The number of aromatic nitrogens is 3. The first-order chi connectivity index (χ1) is 15.0. The molecule has 31 heavy (non-hydrogen) atoms. The third kappa shape index (κ3) is 4.17. The average Bonchev–Trinajstić information content (AvgIpc) is 3.14. The van der Waals surface area contributed by atoms with Crippen molar-refractivity contribution in [1.29, 1.82) is 0 Å². The zero-order valence-corrected chi connectivity index (χ0v) is 18.0. The number of benzene rings is 2. The number of ether oxygens (including phenoxy) is 2. The van der Waals surface area contributed by atoms with Crippen LogP contribution in [0.5, 0.6) is 11.5 Å².